The smallest absolute Gasteiger partial charge is 0.296 e. The number of fused-ring (bicyclic) bond motifs is 3. The number of alkyl halides is 1. The van der Waals surface area contributed by atoms with Crippen LogP contribution in [0.3, 0.4) is 0 Å². The molecule has 4 heterocycles. The molecular weight excluding hydrogens is 560 g/mol. The van der Waals surface area contributed by atoms with Gasteiger partial charge in [-0.3, -0.25) is 0 Å². The van der Waals surface area contributed by atoms with Crippen LogP contribution >= 0.6 is 11.6 Å². The van der Waals surface area contributed by atoms with Crippen molar-refractivity contribution in [1.29, 1.82) is 0 Å². The molecule has 1 aliphatic carbocycles. The Morgan fingerprint density at radius 2 is 2.03 bits per heavy atom. The van der Waals surface area contributed by atoms with Gasteiger partial charge in [0.15, 0.2) is 17.9 Å². The number of ether oxygens (including phenoxy) is 4. The van der Waals surface area contributed by atoms with E-state index in [0.29, 0.717) is 46.2 Å². The third-order valence-corrected chi connectivity index (χ3v) is 7.92. The second-order valence-corrected chi connectivity index (χ2v) is 12.0. The largest absolute Gasteiger partial charge is 0.492 e. The van der Waals surface area contributed by atoms with Crippen molar-refractivity contribution in [2.24, 2.45) is 0 Å². The summed E-state index contributed by atoms with van der Waals surface area (Å²) in [5.74, 6) is 0.228. The zero-order valence-electron chi connectivity index (χ0n) is 20.7. The molecule has 2 aliphatic heterocycles. The maximum Gasteiger partial charge on any atom is 0.296 e. The molecule has 3 N–H and O–H groups in total. The van der Waals surface area contributed by atoms with Gasteiger partial charge >= 0.3 is 0 Å². The monoisotopic (exact) mass is 585 g/mol. The summed E-state index contributed by atoms with van der Waals surface area (Å²) in [7, 11) is -3.32. The number of anilines is 1. The highest BCUT2D eigenvalue weighted by Gasteiger charge is 2.49. The van der Waals surface area contributed by atoms with Crippen LogP contribution in [-0.2, 0) is 25.9 Å². The van der Waals surface area contributed by atoms with Crippen molar-refractivity contribution in [2.45, 2.75) is 43.4 Å². The third kappa shape index (κ3) is 5.48. The lowest BCUT2D eigenvalue weighted by atomic mass is 10.1. The number of H-pyrrole nitrogens is 1. The molecule has 11 nitrogen and oxygen atoms in total. The van der Waals surface area contributed by atoms with Crippen LogP contribution in [-0.4, -0.2) is 80.5 Å². The maximum absolute atomic E-state index is 15.1. The van der Waals surface area contributed by atoms with Crippen molar-refractivity contribution in [3.8, 4) is 11.8 Å². The van der Waals surface area contributed by atoms with E-state index in [-0.39, 0.29) is 38.4 Å². The van der Waals surface area contributed by atoms with E-state index in [1.807, 2.05) is 0 Å². The number of benzene rings is 1. The van der Waals surface area contributed by atoms with E-state index in [2.05, 4.69) is 25.0 Å². The fraction of sp³-hybridized carbons (Fsp3) is 0.500. The molecule has 2 fully saturated rings. The molecule has 5 atom stereocenters. The van der Waals surface area contributed by atoms with Crippen LogP contribution in [0.5, 0.6) is 11.8 Å². The van der Waals surface area contributed by atoms with Crippen molar-refractivity contribution < 1.29 is 36.1 Å². The van der Waals surface area contributed by atoms with Gasteiger partial charge in [-0.05, 0) is 30.5 Å². The molecule has 6 rings (SSSR count). The van der Waals surface area contributed by atoms with Crippen LogP contribution < -0.4 is 19.5 Å². The molecule has 1 aromatic carbocycles. The Morgan fingerprint density at radius 1 is 1.21 bits per heavy atom. The molecule has 15 heteroatoms. The summed E-state index contributed by atoms with van der Waals surface area (Å²) < 4.78 is 75.9. The second kappa shape index (κ2) is 10.3. The Bertz CT molecular complexity index is 1510. The van der Waals surface area contributed by atoms with Gasteiger partial charge in [0, 0.05) is 18.2 Å². The summed E-state index contributed by atoms with van der Waals surface area (Å²) in [5.41, 5.74) is 2.16. The maximum atomic E-state index is 15.1. The van der Waals surface area contributed by atoms with Crippen molar-refractivity contribution in [2.75, 3.05) is 37.9 Å². The van der Waals surface area contributed by atoms with Crippen LogP contribution in [0.4, 0.5) is 14.6 Å². The summed E-state index contributed by atoms with van der Waals surface area (Å²) >= 11 is 6.49. The highest BCUT2D eigenvalue weighted by molar-refractivity contribution is 7.88. The zero-order valence-corrected chi connectivity index (χ0v) is 22.3. The van der Waals surface area contributed by atoms with Crippen LogP contribution in [0.25, 0.3) is 11.2 Å². The number of aromatic amines is 1. The van der Waals surface area contributed by atoms with E-state index in [1.165, 1.54) is 6.07 Å². The van der Waals surface area contributed by atoms with E-state index in [9.17, 15) is 12.8 Å². The van der Waals surface area contributed by atoms with Gasteiger partial charge in [0.25, 0.3) is 6.01 Å². The number of hydrogen-bond acceptors (Lipinski definition) is 9. The van der Waals surface area contributed by atoms with Crippen molar-refractivity contribution in [3.05, 3.63) is 40.2 Å². The quantitative estimate of drug-likeness (QED) is 0.324. The number of aromatic nitrogens is 3. The molecule has 3 aliphatic rings. The molecule has 39 heavy (non-hydrogen) atoms. The van der Waals surface area contributed by atoms with Crippen molar-refractivity contribution in [1.82, 2.24) is 19.7 Å². The first kappa shape index (κ1) is 26.4. The molecule has 210 valence electrons. The molecule has 0 amide bonds. The number of hydrogen-bond donors (Lipinski definition) is 3. The van der Waals surface area contributed by atoms with Gasteiger partial charge in [0.05, 0.1) is 36.1 Å². The molecule has 2 saturated heterocycles. The molecule has 0 bridgehead atoms. The van der Waals surface area contributed by atoms with Gasteiger partial charge in [-0.1, -0.05) is 11.6 Å². The lowest BCUT2D eigenvalue weighted by Crippen LogP contribution is -2.34. The number of halogens is 3. The molecule has 3 aromatic rings. The highest BCUT2D eigenvalue weighted by Crippen LogP contribution is 2.39. The van der Waals surface area contributed by atoms with E-state index in [1.54, 1.807) is 12.1 Å². The number of pyridine rings is 1. The lowest BCUT2D eigenvalue weighted by molar-refractivity contribution is 0.0244. The van der Waals surface area contributed by atoms with Gasteiger partial charge in [0.2, 0.25) is 10.0 Å². The van der Waals surface area contributed by atoms with Crippen LogP contribution in [0.2, 0.25) is 5.02 Å². The molecule has 0 spiro atoms. The van der Waals surface area contributed by atoms with Crippen LogP contribution in [0.15, 0.2) is 18.2 Å². The number of nitrogens with one attached hydrogen (secondary N) is 3. The number of imidazole rings is 1. The summed E-state index contributed by atoms with van der Waals surface area (Å²) in [6.07, 6.45) is -0.561. The molecular formula is C24H26ClF2N5O6S. The molecule has 0 radical (unpaired) electrons. The number of rotatable bonds is 9. The molecule has 2 unspecified atom stereocenters. The van der Waals surface area contributed by atoms with Crippen molar-refractivity contribution >= 4 is 38.6 Å². The summed E-state index contributed by atoms with van der Waals surface area (Å²) in [6, 6.07) is 4.50. The van der Waals surface area contributed by atoms with Gasteiger partial charge < -0.3 is 29.2 Å². The van der Waals surface area contributed by atoms with E-state index in [4.69, 9.17) is 30.5 Å². The van der Waals surface area contributed by atoms with E-state index in [0.717, 1.165) is 11.8 Å². The van der Waals surface area contributed by atoms with E-state index < -0.39 is 40.3 Å². The SMILES string of the molecule is CS(=O)(=O)NCCOc1cc(F)c2c(c1)CCC2Nc1nc2nc(O[C@@H]3CO[C@H]4C3OC[C@@H]4F)[nH]c2cc1Cl. The Balaban J connectivity index is 1.14. The fourth-order valence-electron chi connectivity index (χ4n) is 5.19. The lowest BCUT2D eigenvalue weighted by Gasteiger charge is -2.17. The first-order valence-electron chi connectivity index (χ1n) is 12.4. The summed E-state index contributed by atoms with van der Waals surface area (Å²) in [5, 5.41) is 3.54. The first-order chi connectivity index (χ1) is 18.6. The highest BCUT2D eigenvalue weighted by atomic mass is 35.5. The Morgan fingerprint density at radius 3 is 2.85 bits per heavy atom. The van der Waals surface area contributed by atoms with Crippen LogP contribution in [0, 0.1) is 5.82 Å². The third-order valence-electron chi connectivity index (χ3n) is 6.90. The van der Waals surface area contributed by atoms with E-state index >= 15 is 4.39 Å². The summed E-state index contributed by atoms with van der Waals surface area (Å²) in [4.78, 5) is 11.9. The van der Waals surface area contributed by atoms with Gasteiger partial charge in [-0.25, -0.2) is 26.9 Å². The minimum atomic E-state index is -3.32. The molecule has 0 saturated carbocycles. The van der Waals surface area contributed by atoms with Gasteiger partial charge in [-0.2, -0.15) is 4.98 Å². The van der Waals surface area contributed by atoms with Crippen molar-refractivity contribution in [3.63, 3.8) is 0 Å². The van der Waals surface area contributed by atoms with Gasteiger partial charge in [-0.15, -0.1) is 0 Å². The Labute approximate surface area is 227 Å². The number of nitrogens with zero attached hydrogens (tertiary/aromatic N) is 2. The number of aryl methyl sites for hydroxylation is 1. The second-order valence-electron chi connectivity index (χ2n) is 9.73. The first-order valence-corrected chi connectivity index (χ1v) is 14.7. The molecule has 2 aromatic heterocycles. The Kier molecular flexibility index (Phi) is 7.00. The predicted molar refractivity (Wildman–Crippen MR) is 137 cm³/mol. The minimum absolute atomic E-state index is 0.0242. The van der Waals surface area contributed by atoms with Crippen LogP contribution in [0.1, 0.15) is 23.6 Å². The fourth-order valence-corrected chi connectivity index (χ4v) is 5.85. The zero-order chi connectivity index (χ0) is 27.3. The Hall–Kier alpha value is -2.78. The number of sulfonamides is 1. The standard InChI is InChI=1S/C24H26ClF2N5O6S/c1-39(33,34)28-4-5-35-12-6-11-2-3-16(19(11)14(26)7-12)29-22-13(25)8-17-23(31-22)32-24(30-17)38-18-10-37-20-15(27)9-36-21(18)20/h6-8,15-16,18,20-21,28H,2-5,9-10H2,1H3,(H2,29,30,31,32)/t15-,16?,18+,20+,21?/m0/s1. The van der Waals surface area contributed by atoms with Gasteiger partial charge in [0.1, 0.15) is 36.2 Å². The average molecular weight is 586 g/mol. The topological polar surface area (TPSA) is 137 Å². The predicted octanol–water partition coefficient (Wildman–Crippen LogP) is 2.66. The minimum Gasteiger partial charge on any atom is -0.492 e. The average Bonchev–Trinajstić information content (AvgIpc) is 3.63. The summed E-state index contributed by atoms with van der Waals surface area (Å²) in [6.45, 7) is 0.310. The normalized spacial score (nSPS) is 26.1.